The van der Waals surface area contributed by atoms with Gasteiger partial charge >= 0.3 is 5.97 Å². The summed E-state index contributed by atoms with van der Waals surface area (Å²) in [6.07, 6.45) is 5.33. The van der Waals surface area contributed by atoms with Gasteiger partial charge in [-0.1, -0.05) is 52.2 Å². The second kappa shape index (κ2) is 11.0. The van der Waals surface area contributed by atoms with Gasteiger partial charge in [-0.25, -0.2) is 4.79 Å². The molecule has 0 bridgehead atoms. The van der Waals surface area contributed by atoms with Gasteiger partial charge in [0.25, 0.3) is 0 Å². The minimum Gasteiger partial charge on any atom is -0.490 e. The molecule has 1 heterocycles. The molecular weight excluding hydrogens is 492 g/mol. The first-order valence-electron chi connectivity index (χ1n) is 10.1. The van der Waals surface area contributed by atoms with Crippen molar-refractivity contribution in [2.75, 3.05) is 19.8 Å². The molecule has 0 saturated carbocycles. The first-order chi connectivity index (χ1) is 15.5. The number of terminal acetylenes is 1. The average molecular weight is 515 g/mol. The van der Waals surface area contributed by atoms with Gasteiger partial charge in [-0.15, -0.1) is 6.42 Å². The smallest absolute Gasteiger partial charge is 0.338 e. The van der Waals surface area contributed by atoms with E-state index < -0.39 is 12.0 Å². The Hall–Kier alpha value is -3.02. The molecule has 2 N–H and O–H groups in total. The Kier molecular flexibility index (Phi) is 8.14. The van der Waals surface area contributed by atoms with E-state index >= 15 is 0 Å². The number of rotatable bonds is 8. The van der Waals surface area contributed by atoms with Crippen molar-refractivity contribution in [1.82, 2.24) is 10.6 Å². The zero-order chi connectivity index (χ0) is 23.1. The van der Waals surface area contributed by atoms with Crippen molar-refractivity contribution >= 4 is 44.9 Å². The summed E-state index contributed by atoms with van der Waals surface area (Å²) in [6, 6.07) is 12.5. The Bertz CT molecular complexity index is 1080. The highest BCUT2D eigenvalue weighted by Crippen LogP contribution is 2.41. The number of hydrogen-bond donors (Lipinski definition) is 2. The lowest BCUT2D eigenvalue weighted by atomic mass is 9.92. The third kappa shape index (κ3) is 5.23. The number of benzene rings is 2. The topological polar surface area (TPSA) is 68.8 Å². The zero-order valence-electron chi connectivity index (χ0n) is 17.7. The van der Waals surface area contributed by atoms with E-state index in [1.807, 2.05) is 43.3 Å². The van der Waals surface area contributed by atoms with Crippen molar-refractivity contribution in [3.8, 4) is 23.8 Å². The van der Waals surface area contributed by atoms with E-state index in [4.69, 9.17) is 32.9 Å². The van der Waals surface area contributed by atoms with Gasteiger partial charge in [-0.3, -0.25) is 0 Å². The molecule has 6 nitrogen and oxygen atoms in total. The van der Waals surface area contributed by atoms with Crippen molar-refractivity contribution in [2.45, 2.75) is 19.9 Å². The minimum atomic E-state index is -0.590. The maximum atomic E-state index is 13.1. The van der Waals surface area contributed by atoms with E-state index in [1.165, 1.54) is 0 Å². The third-order valence-electron chi connectivity index (χ3n) is 4.61. The Balaban J connectivity index is 2.19. The number of carbonyl (C=O) groups is 1. The van der Waals surface area contributed by atoms with Crippen LogP contribution in [0, 0.1) is 12.3 Å². The number of halogens is 1. The summed E-state index contributed by atoms with van der Waals surface area (Å²) in [5, 5.41) is 6.71. The summed E-state index contributed by atoms with van der Waals surface area (Å²) in [4.78, 5) is 13.1. The highest BCUT2D eigenvalue weighted by molar-refractivity contribution is 9.10. The summed E-state index contributed by atoms with van der Waals surface area (Å²) < 4.78 is 17.5. The molecule has 1 atom stereocenters. The fourth-order valence-electron chi connectivity index (χ4n) is 3.33. The Morgan fingerprint density at radius 3 is 2.53 bits per heavy atom. The molecule has 0 aromatic heterocycles. The maximum Gasteiger partial charge on any atom is 0.338 e. The normalized spacial score (nSPS) is 15.3. The fourth-order valence-corrected chi connectivity index (χ4v) is 4.10. The zero-order valence-corrected chi connectivity index (χ0v) is 20.1. The molecule has 32 heavy (non-hydrogen) atoms. The number of nitrogens with one attached hydrogen (secondary N) is 2. The first-order valence-corrected chi connectivity index (χ1v) is 11.3. The predicted octanol–water partition coefficient (Wildman–Crippen LogP) is 4.35. The van der Waals surface area contributed by atoms with Crippen molar-refractivity contribution in [1.29, 1.82) is 0 Å². The van der Waals surface area contributed by atoms with Gasteiger partial charge in [-0.2, -0.15) is 0 Å². The van der Waals surface area contributed by atoms with E-state index in [0.717, 1.165) is 11.1 Å². The summed E-state index contributed by atoms with van der Waals surface area (Å²) in [6.45, 7) is 4.42. The Morgan fingerprint density at radius 1 is 1.16 bits per heavy atom. The molecule has 2 aromatic rings. The van der Waals surface area contributed by atoms with Crippen LogP contribution in [-0.4, -0.2) is 30.9 Å². The van der Waals surface area contributed by atoms with Crippen LogP contribution in [0.2, 0.25) is 0 Å². The van der Waals surface area contributed by atoms with Crippen molar-refractivity contribution in [2.24, 2.45) is 0 Å². The second-order valence-corrected chi connectivity index (χ2v) is 7.92. The van der Waals surface area contributed by atoms with E-state index in [-0.39, 0.29) is 13.2 Å². The second-order valence-electron chi connectivity index (χ2n) is 6.65. The molecule has 0 unspecified atom stereocenters. The largest absolute Gasteiger partial charge is 0.490 e. The van der Waals surface area contributed by atoms with Crippen LogP contribution >= 0.6 is 28.1 Å². The van der Waals surface area contributed by atoms with E-state index in [2.05, 4.69) is 32.5 Å². The first kappa shape index (κ1) is 23.6. The summed E-state index contributed by atoms with van der Waals surface area (Å²) in [5.41, 5.74) is 2.56. The summed E-state index contributed by atoms with van der Waals surface area (Å²) in [7, 11) is 0. The molecule has 0 saturated heterocycles. The number of hydrogen-bond acceptors (Lipinski definition) is 5. The van der Waals surface area contributed by atoms with Crippen LogP contribution in [0.25, 0.3) is 5.70 Å². The minimum absolute atomic E-state index is 0.105. The number of thiocarbonyl (C=S) groups is 1. The standard InChI is InChI=1S/C24H23BrN2O4S/c1-4-12-31-19-14-17(25)16(13-18(19)29-5-2)22-20(23(28)30-6-3)21(26-24(32)27-22)15-10-8-7-9-11-15/h1,7-11,13-14,22H,5-6,12H2,2-3H3,(H2,26,27,32)/t22-/m1/s1. The number of carbonyl (C=O) groups excluding carboxylic acids is 1. The van der Waals surface area contributed by atoms with E-state index in [1.54, 1.807) is 13.0 Å². The van der Waals surface area contributed by atoms with Crippen LogP contribution < -0.4 is 20.1 Å². The highest BCUT2D eigenvalue weighted by Gasteiger charge is 2.34. The molecule has 2 aromatic carbocycles. The average Bonchev–Trinajstić information content (AvgIpc) is 2.79. The van der Waals surface area contributed by atoms with Crippen LogP contribution in [0.3, 0.4) is 0 Å². The van der Waals surface area contributed by atoms with Gasteiger partial charge in [-0.05, 0) is 49.3 Å². The Labute approximate surface area is 201 Å². The third-order valence-corrected chi connectivity index (χ3v) is 5.52. The molecule has 8 heteroatoms. The predicted molar refractivity (Wildman–Crippen MR) is 131 cm³/mol. The van der Waals surface area contributed by atoms with Gasteiger partial charge < -0.3 is 24.8 Å². The lowest BCUT2D eigenvalue weighted by Gasteiger charge is -2.32. The molecule has 0 aliphatic carbocycles. The monoisotopic (exact) mass is 514 g/mol. The van der Waals surface area contributed by atoms with Gasteiger partial charge in [0.05, 0.1) is 30.5 Å². The summed E-state index contributed by atoms with van der Waals surface area (Å²) >= 11 is 9.08. The molecule has 3 rings (SSSR count). The lowest BCUT2D eigenvalue weighted by molar-refractivity contribution is -0.138. The van der Waals surface area contributed by atoms with Crippen molar-refractivity contribution in [3.05, 3.63) is 63.6 Å². The molecule has 0 amide bonds. The molecule has 0 spiro atoms. The number of esters is 1. The van der Waals surface area contributed by atoms with Crippen molar-refractivity contribution < 1.29 is 19.0 Å². The molecule has 1 aliphatic heterocycles. The highest BCUT2D eigenvalue weighted by atomic mass is 79.9. The summed E-state index contributed by atoms with van der Waals surface area (Å²) in [5.74, 6) is 3.01. The molecule has 0 radical (unpaired) electrons. The van der Waals surface area contributed by atoms with E-state index in [9.17, 15) is 4.79 Å². The van der Waals surface area contributed by atoms with Crippen LogP contribution in [0.4, 0.5) is 0 Å². The van der Waals surface area contributed by atoms with Gasteiger partial charge in [0, 0.05) is 4.47 Å². The van der Waals surface area contributed by atoms with Crippen LogP contribution in [0.15, 0.2) is 52.5 Å². The van der Waals surface area contributed by atoms with Gasteiger partial charge in [0.15, 0.2) is 16.6 Å². The lowest BCUT2D eigenvalue weighted by Crippen LogP contribution is -2.45. The van der Waals surface area contributed by atoms with E-state index in [0.29, 0.717) is 39.0 Å². The van der Waals surface area contributed by atoms with Crippen LogP contribution in [0.5, 0.6) is 11.5 Å². The molecular formula is C24H23BrN2O4S. The van der Waals surface area contributed by atoms with Gasteiger partial charge in [0.1, 0.15) is 6.61 Å². The maximum absolute atomic E-state index is 13.1. The number of ether oxygens (including phenoxy) is 3. The quantitative estimate of drug-likeness (QED) is 0.308. The molecule has 1 aliphatic rings. The van der Waals surface area contributed by atoms with Gasteiger partial charge in [0.2, 0.25) is 0 Å². The van der Waals surface area contributed by atoms with Crippen LogP contribution in [-0.2, 0) is 9.53 Å². The van der Waals surface area contributed by atoms with Crippen LogP contribution in [0.1, 0.15) is 31.0 Å². The Morgan fingerprint density at radius 2 is 1.88 bits per heavy atom. The fraction of sp³-hybridized carbons (Fsp3) is 0.250. The van der Waals surface area contributed by atoms with Crippen molar-refractivity contribution in [3.63, 3.8) is 0 Å². The SMILES string of the molecule is C#CCOc1cc(Br)c([C@H]2NC(=S)NC(c3ccccc3)=C2C(=O)OCC)cc1OCC. The molecule has 0 fully saturated rings. The molecule has 166 valence electrons.